The largest absolute Gasteiger partial charge is 0.461 e. The van der Waals surface area contributed by atoms with Crippen molar-refractivity contribution in [2.75, 3.05) is 50.0 Å². The summed E-state index contributed by atoms with van der Waals surface area (Å²) < 4.78 is 66.0. The Labute approximate surface area is 286 Å². The summed E-state index contributed by atoms with van der Waals surface area (Å²) in [5, 5.41) is 20.6. The number of benzene rings is 2. The number of piperazine rings is 1. The van der Waals surface area contributed by atoms with E-state index < -0.39 is 29.4 Å². The summed E-state index contributed by atoms with van der Waals surface area (Å²) in [6.07, 6.45) is 2.43. The Balaban J connectivity index is 1.25. The lowest BCUT2D eigenvalue weighted by atomic mass is 9.90. The molecule has 7 heterocycles. The zero-order chi connectivity index (χ0) is 34.5. The van der Waals surface area contributed by atoms with Crippen molar-refractivity contribution in [1.82, 2.24) is 19.8 Å². The summed E-state index contributed by atoms with van der Waals surface area (Å²) in [6.45, 7) is 5.17. The summed E-state index contributed by atoms with van der Waals surface area (Å²) in [5.41, 5.74) is 6.44. The molecule has 2 unspecified atom stereocenters. The molecule has 0 radical (unpaired) electrons. The van der Waals surface area contributed by atoms with E-state index in [9.17, 15) is 14.8 Å². The van der Waals surface area contributed by atoms with Gasteiger partial charge in [-0.05, 0) is 62.4 Å². The number of aliphatic hydroxyl groups excluding tert-OH is 1. The van der Waals surface area contributed by atoms with Gasteiger partial charge in [0.25, 0.3) is 0 Å². The molecular formula is C36H38F3N7O4. The van der Waals surface area contributed by atoms with Crippen molar-refractivity contribution >= 4 is 33.6 Å². The van der Waals surface area contributed by atoms with Gasteiger partial charge in [0, 0.05) is 55.8 Å². The second kappa shape index (κ2) is 11.7. The fraction of sp³-hybridized carbons (Fsp3) is 0.528. The van der Waals surface area contributed by atoms with E-state index in [0.29, 0.717) is 54.9 Å². The molecule has 2 aromatic carbocycles. The van der Waals surface area contributed by atoms with Crippen LogP contribution < -0.4 is 15.4 Å². The molecule has 50 heavy (non-hydrogen) atoms. The van der Waals surface area contributed by atoms with Gasteiger partial charge in [-0.2, -0.15) is 15.2 Å². The minimum atomic E-state index is -0.948. The van der Waals surface area contributed by atoms with Gasteiger partial charge in [-0.1, -0.05) is 0 Å². The van der Waals surface area contributed by atoms with Crippen molar-refractivity contribution in [2.24, 2.45) is 0 Å². The number of nitrogens with zero attached hydrogens (tertiary/aromatic N) is 6. The molecule has 5 aliphatic rings. The number of aliphatic hydroxyl groups is 1. The molecule has 0 aliphatic carbocycles. The molecule has 4 saturated heterocycles. The Morgan fingerprint density at radius 3 is 2.66 bits per heavy atom. The summed E-state index contributed by atoms with van der Waals surface area (Å²) in [4.78, 5) is 16.3. The van der Waals surface area contributed by atoms with E-state index in [2.05, 4.69) is 19.7 Å². The molecule has 5 aliphatic heterocycles. The van der Waals surface area contributed by atoms with Crippen LogP contribution in [0.15, 0.2) is 16.5 Å². The number of hydrogen-bond acceptors (Lipinski definition) is 11. The summed E-state index contributed by atoms with van der Waals surface area (Å²) in [7, 11) is 0. The zero-order valence-corrected chi connectivity index (χ0v) is 27.7. The first kappa shape index (κ1) is 31.8. The number of nitrogen functional groups attached to an aromatic ring is 1. The maximum atomic E-state index is 17.5. The molecule has 2 aromatic heterocycles. The number of rotatable bonds is 7. The van der Waals surface area contributed by atoms with Gasteiger partial charge in [0.1, 0.15) is 47.1 Å². The Hall–Kier alpha value is -4.16. The Morgan fingerprint density at radius 2 is 1.90 bits per heavy atom. The molecule has 9 rings (SSSR count). The molecule has 14 heteroatoms. The van der Waals surface area contributed by atoms with Crippen molar-refractivity contribution in [1.29, 1.82) is 5.26 Å². The van der Waals surface area contributed by atoms with Crippen molar-refractivity contribution in [2.45, 2.75) is 82.1 Å². The fourth-order valence-electron chi connectivity index (χ4n) is 9.55. The molecule has 2 bridgehead atoms. The number of β-amino-alcohol motifs (C(OH)–C–C–N with tert-alkyl or cyclic N) is 1. The van der Waals surface area contributed by atoms with Crippen LogP contribution in [0, 0.1) is 23.0 Å². The van der Waals surface area contributed by atoms with E-state index in [1.807, 2.05) is 6.07 Å². The van der Waals surface area contributed by atoms with Gasteiger partial charge in [-0.3, -0.25) is 9.80 Å². The first-order chi connectivity index (χ1) is 24.2. The van der Waals surface area contributed by atoms with Crippen molar-refractivity contribution in [3.63, 3.8) is 0 Å². The molecule has 5 atom stereocenters. The van der Waals surface area contributed by atoms with E-state index in [4.69, 9.17) is 24.6 Å². The summed E-state index contributed by atoms with van der Waals surface area (Å²) in [5.74, 6) is -1.20. The number of likely N-dealkylation sites (tertiary alicyclic amines) is 1. The Morgan fingerprint density at radius 1 is 1.12 bits per heavy atom. The number of nitrogens with two attached hydrogens (primary N) is 1. The molecule has 0 saturated carbocycles. The second-order valence-corrected chi connectivity index (χ2v) is 14.7. The fourth-order valence-corrected chi connectivity index (χ4v) is 9.55. The molecule has 0 spiro atoms. The third kappa shape index (κ3) is 4.77. The van der Waals surface area contributed by atoms with E-state index in [1.165, 1.54) is 12.1 Å². The SMILES string of the molecule is C[C@@H](O)CN1CC2CCC(C1)N2c1nc(OC[C@@]23CCCN2C[C@H](F)C3)nc2c(F)c(-c3c(F)ccc4oc(N)c(C#N)c34)c3c(c12)COC3. The second-order valence-electron chi connectivity index (χ2n) is 14.7. The predicted molar refractivity (Wildman–Crippen MR) is 178 cm³/mol. The van der Waals surface area contributed by atoms with Gasteiger partial charge in [-0.25, -0.2) is 13.2 Å². The first-order valence-corrected chi connectivity index (χ1v) is 17.4. The van der Waals surface area contributed by atoms with Crippen molar-refractivity contribution in [3.8, 4) is 23.2 Å². The third-order valence-electron chi connectivity index (χ3n) is 11.5. The molecule has 11 nitrogen and oxygen atoms in total. The van der Waals surface area contributed by atoms with Gasteiger partial charge in [0.05, 0.1) is 35.6 Å². The average Bonchev–Trinajstić information content (AvgIpc) is 3.88. The minimum absolute atomic E-state index is 0.0119. The van der Waals surface area contributed by atoms with Gasteiger partial charge < -0.3 is 29.6 Å². The highest BCUT2D eigenvalue weighted by Gasteiger charge is 2.50. The van der Waals surface area contributed by atoms with E-state index in [0.717, 1.165) is 32.2 Å². The van der Waals surface area contributed by atoms with Gasteiger partial charge >= 0.3 is 6.01 Å². The topological polar surface area (TPSA) is 137 Å². The van der Waals surface area contributed by atoms with Gasteiger partial charge in [0.15, 0.2) is 5.82 Å². The van der Waals surface area contributed by atoms with Crippen molar-refractivity contribution < 1.29 is 32.2 Å². The number of fused-ring (bicyclic) bond motifs is 7. The van der Waals surface area contributed by atoms with Gasteiger partial charge in [0.2, 0.25) is 5.88 Å². The van der Waals surface area contributed by atoms with E-state index in [1.54, 1.807) is 6.92 Å². The predicted octanol–water partition coefficient (Wildman–Crippen LogP) is 4.79. The van der Waals surface area contributed by atoms with Crippen LogP contribution in [0.2, 0.25) is 0 Å². The van der Waals surface area contributed by atoms with E-state index >= 15 is 8.78 Å². The Kier molecular flexibility index (Phi) is 7.44. The van der Waals surface area contributed by atoms with Crippen molar-refractivity contribution in [3.05, 3.63) is 40.5 Å². The molecule has 4 fully saturated rings. The highest BCUT2D eigenvalue weighted by molar-refractivity contribution is 6.05. The summed E-state index contributed by atoms with van der Waals surface area (Å²) >= 11 is 0. The number of hydrogen-bond donors (Lipinski definition) is 2. The van der Waals surface area contributed by atoms with E-state index in [-0.39, 0.29) is 77.0 Å². The van der Waals surface area contributed by atoms with Gasteiger partial charge in [-0.15, -0.1) is 0 Å². The number of aromatic nitrogens is 2. The molecule has 4 aromatic rings. The summed E-state index contributed by atoms with van der Waals surface area (Å²) in [6, 6.07) is 4.60. The standard InChI is InChI=1S/C36H38F3N7O4/c1-18(47)11-44-13-20-3-4-21(14-44)46(20)34-29-24-16-48-15-23(24)28(30-25(38)5-6-26-27(30)22(10-40)33(41)50-26)31(39)32(29)42-35(43-34)49-17-36-7-2-8-45(36)12-19(37)9-36/h5-6,18-21,47H,2-4,7-9,11-17,41H2,1H3/t18-,19-,20?,21?,36+/m1/s1. The lowest BCUT2D eigenvalue weighted by molar-refractivity contribution is 0.107. The minimum Gasteiger partial charge on any atom is -0.461 e. The lowest BCUT2D eigenvalue weighted by Crippen LogP contribution is -2.55. The zero-order valence-electron chi connectivity index (χ0n) is 27.7. The molecular weight excluding hydrogens is 651 g/mol. The number of alkyl halides is 1. The van der Waals surface area contributed by atoms with Crippen LogP contribution in [0.25, 0.3) is 33.0 Å². The first-order valence-electron chi connectivity index (χ1n) is 17.4. The number of halogens is 3. The number of furan rings is 1. The quantitative estimate of drug-likeness (QED) is 0.277. The highest BCUT2D eigenvalue weighted by Crippen LogP contribution is 2.49. The third-order valence-corrected chi connectivity index (χ3v) is 11.5. The number of ether oxygens (including phenoxy) is 2. The molecule has 262 valence electrons. The molecule has 3 N–H and O–H groups in total. The Bertz CT molecular complexity index is 2070. The van der Waals surface area contributed by atoms with Crippen LogP contribution in [0.5, 0.6) is 6.01 Å². The average molecular weight is 690 g/mol. The normalized spacial score (nSPS) is 27.0. The number of anilines is 2. The van der Waals surface area contributed by atoms with Crippen LogP contribution in [0.4, 0.5) is 24.9 Å². The number of nitriles is 1. The lowest BCUT2D eigenvalue weighted by Gasteiger charge is -2.42. The smallest absolute Gasteiger partial charge is 0.319 e. The van der Waals surface area contributed by atoms with Crippen LogP contribution in [0.3, 0.4) is 0 Å². The van der Waals surface area contributed by atoms with Crippen LogP contribution in [-0.2, 0) is 18.0 Å². The van der Waals surface area contributed by atoms with Crippen LogP contribution in [0.1, 0.15) is 55.7 Å². The maximum absolute atomic E-state index is 17.5. The highest BCUT2D eigenvalue weighted by atomic mass is 19.1. The van der Waals surface area contributed by atoms with Crippen LogP contribution in [-0.4, -0.2) is 94.1 Å². The maximum Gasteiger partial charge on any atom is 0.319 e. The van der Waals surface area contributed by atoms with Crippen LogP contribution >= 0.6 is 0 Å². The molecule has 0 amide bonds. The monoisotopic (exact) mass is 689 g/mol.